The summed E-state index contributed by atoms with van der Waals surface area (Å²) in [6, 6.07) is 14.5. The maximum Gasteiger partial charge on any atom is 0.375 e. The second-order valence-electron chi connectivity index (χ2n) is 4.96. The molecule has 0 unspecified atom stereocenters. The highest BCUT2D eigenvalue weighted by Gasteiger charge is 2.19. The number of furan rings is 2. The van der Waals surface area contributed by atoms with Gasteiger partial charge in [-0.3, -0.25) is 4.79 Å². The van der Waals surface area contributed by atoms with E-state index in [0.717, 1.165) is 5.56 Å². The number of hydrogen-bond donors (Lipinski definition) is 1. The first-order valence-corrected chi connectivity index (χ1v) is 7.33. The number of nitrogens with one attached hydrogen (secondary N) is 1. The van der Waals surface area contributed by atoms with Gasteiger partial charge in [0.2, 0.25) is 5.76 Å². The molecule has 3 rings (SSSR count). The lowest BCUT2D eigenvalue weighted by Crippen LogP contribution is -2.28. The number of ether oxygens (including phenoxy) is 1. The second kappa shape index (κ2) is 7.32. The molecule has 0 fully saturated rings. The summed E-state index contributed by atoms with van der Waals surface area (Å²) in [5.74, 6) is -0.424. The fourth-order valence-electron chi connectivity index (χ4n) is 2.16. The molecule has 1 N–H and O–H groups in total. The third-order valence-corrected chi connectivity index (χ3v) is 3.31. The third kappa shape index (κ3) is 3.73. The van der Waals surface area contributed by atoms with E-state index in [4.69, 9.17) is 13.6 Å². The normalized spacial score (nSPS) is 10.3. The van der Waals surface area contributed by atoms with Crippen molar-refractivity contribution in [2.24, 2.45) is 0 Å². The predicted octanol–water partition coefficient (Wildman–Crippen LogP) is 3.01. The van der Waals surface area contributed by atoms with Crippen LogP contribution in [-0.4, -0.2) is 18.5 Å². The van der Waals surface area contributed by atoms with Crippen molar-refractivity contribution in [1.82, 2.24) is 5.32 Å². The van der Waals surface area contributed by atoms with Crippen molar-refractivity contribution in [3.63, 3.8) is 0 Å². The van der Waals surface area contributed by atoms with Gasteiger partial charge in [0.25, 0.3) is 5.91 Å². The highest BCUT2D eigenvalue weighted by atomic mass is 16.5. The lowest BCUT2D eigenvalue weighted by atomic mass is 10.1. The van der Waals surface area contributed by atoms with E-state index in [1.807, 2.05) is 30.3 Å². The van der Waals surface area contributed by atoms with Gasteiger partial charge in [0.1, 0.15) is 5.76 Å². The van der Waals surface area contributed by atoms with E-state index >= 15 is 0 Å². The molecule has 0 aliphatic rings. The van der Waals surface area contributed by atoms with Gasteiger partial charge in [-0.15, -0.1) is 0 Å². The molecule has 0 spiro atoms. The predicted molar refractivity (Wildman–Crippen MR) is 85.0 cm³/mol. The van der Waals surface area contributed by atoms with Crippen LogP contribution in [0.25, 0.3) is 11.1 Å². The summed E-state index contributed by atoms with van der Waals surface area (Å²) in [7, 11) is 0. The van der Waals surface area contributed by atoms with Gasteiger partial charge in [-0.1, -0.05) is 30.3 Å². The van der Waals surface area contributed by atoms with E-state index in [-0.39, 0.29) is 12.3 Å². The Morgan fingerprint density at radius 3 is 2.54 bits per heavy atom. The first kappa shape index (κ1) is 15.6. The maximum absolute atomic E-state index is 12.1. The molecule has 6 nitrogen and oxygen atoms in total. The van der Waals surface area contributed by atoms with Crippen molar-refractivity contribution in [3.05, 3.63) is 72.6 Å². The zero-order valence-corrected chi connectivity index (χ0v) is 12.7. The van der Waals surface area contributed by atoms with Crippen molar-refractivity contribution in [3.8, 4) is 11.1 Å². The van der Waals surface area contributed by atoms with Gasteiger partial charge < -0.3 is 18.9 Å². The second-order valence-corrected chi connectivity index (χ2v) is 4.96. The number of benzene rings is 1. The smallest absolute Gasteiger partial charge is 0.375 e. The van der Waals surface area contributed by atoms with E-state index in [2.05, 4.69) is 5.32 Å². The number of amides is 1. The third-order valence-electron chi connectivity index (χ3n) is 3.31. The molecule has 24 heavy (non-hydrogen) atoms. The van der Waals surface area contributed by atoms with Gasteiger partial charge in [0.15, 0.2) is 6.61 Å². The SMILES string of the molecule is O=C(COC(=O)c1occc1-c1ccccc1)NCc1ccco1. The Labute approximate surface area is 138 Å². The molecule has 1 aromatic carbocycles. The van der Waals surface area contributed by atoms with Crippen LogP contribution in [0.5, 0.6) is 0 Å². The van der Waals surface area contributed by atoms with Crippen LogP contribution >= 0.6 is 0 Å². The van der Waals surface area contributed by atoms with Crippen LogP contribution < -0.4 is 5.32 Å². The number of rotatable bonds is 6. The zero-order chi connectivity index (χ0) is 16.8. The average Bonchev–Trinajstić information content (AvgIpc) is 3.30. The minimum atomic E-state index is -0.688. The van der Waals surface area contributed by atoms with E-state index < -0.39 is 18.5 Å². The molecule has 2 aromatic heterocycles. The molecular formula is C18H15NO5. The molecule has 3 aromatic rings. The molecule has 0 radical (unpaired) electrons. The summed E-state index contributed by atoms with van der Waals surface area (Å²) in [6.45, 7) is -0.159. The quantitative estimate of drug-likeness (QED) is 0.705. The van der Waals surface area contributed by atoms with E-state index in [1.54, 1.807) is 18.2 Å². The maximum atomic E-state index is 12.1. The average molecular weight is 325 g/mol. The Morgan fingerprint density at radius 1 is 0.958 bits per heavy atom. The monoisotopic (exact) mass is 325 g/mol. The van der Waals surface area contributed by atoms with Crippen molar-refractivity contribution in [1.29, 1.82) is 0 Å². The highest BCUT2D eigenvalue weighted by molar-refractivity contribution is 5.95. The minimum absolute atomic E-state index is 0.0695. The van der Waals surface area contributed by atoms with E-state index in [1.165, 1.54) is 12.5 Å². The number of esters is 1. The molecule has 0 saturated heterocycles. The first-order valence-electron chi connectivity index (χ1n) is 7.33. The fraction of sp³-hybridized carbons (Fsp3) is 0.111. The molecule has 0 bridgehead atoms. The highest BCUT2D eigenvalue weighted by Crippen LogP contribution is 2.25. The Morgan fingerprint density at radius 2 is 1.79 bits per heavy atom. The van der Waals surface area contributed by atoms with Crippen LogP contribution in [-0.2, 0) is 16.1 Å². The Bertz CT molecular complexity index is 805. The number of carbonyl (C=O) groups is 2. The summed E-state index contributed by atoms with van der Waals surface area (Å²) in [4.78, 5) is 23.8. The van der Waals surface area contributed by atoms with Crippen LogP contribution in [0.2, 0.25) is 0 Å². The largest absolute Gasteiger partial charge is 0.467 e. The van der Waals surface area contributed by atoms with Gasteiger partial charge in [0, 0.05) is 5.56 Å². The fourth-order valence-corrected chi connectivity index (χ4v) is 2.16. The molecule has 0 saturated carbocycles. The van der Waals surface area contributed by atoms with Crippen molar-refractivity contribution in [2.45, 2.75) is 6.54 Å². The summed E-state index contributed by atoms with van der Waals surface area (Å²) < 4.78 is 15.3. The molecule has 2 heterocycles. The summed E-state index contributed by atoms with van der Waals surface area (Å²) in [5, 5.41) is 2.59. The lowest BCUT2D eigenvalue weighted by molar-refractivity contribution is -0.124. The van der Waals surface area contributed by atoms with Crippen molar-refractivity contribution in [2.75, 3.05) is 6.61 Å². The summed E-state index contributed by atoms with van der Waals surface area (Å²) >= 11 is 0. The molecule has 0 atom stereocenters. The summed E-state index contributed by atoms with van der Waals surface area (Å²) in [5.41, 5.74) is 1.46. The topological polar surface area (TPSA) is 81.7 Å². The van der Waals surface area contributed by atoms with Crippen LogP contribution in [0.15, 0.2) is 69.9 Å². The van der Waals surface area contributed by atoms with Crippen LogP contribution in [0.3, 0.4) is 0 Å². The molecular weight excluding hydrogens is 310 g/mol. The van der Waals surface area contributed by atoms with Crippen LogP contribution in [0, 0.1) is 0 Å². The first-order chi connectivity index (χ1) is 11.7. The van der Waals surface area contributed by atoms with Crippen LogP contribution in [0.1, 0.15) is 16.3 Å². The Balaban J connectivity index is 1.56. The molecule has 0 aliphatic heterocycles. The van der Waals surface area contributed by atoms with Gasteiger partial charge in [-0.25, -0.2) is 4.79 Å². The van der Waals surface area contributed by atoms with E-state index in [0.29, 0.717) is 11.3 Å². The van der Waals surface area contributed by atoms with E-state index in [9.17, 15) is 9.59 Å². The number of hydrogen-bond acceptors (Lipinski definition) is 5. The summed E-state index contributed by atoms with van der Waals surface area (Å²) in [6.07, 6.45) is 2.93. The zero-order valence-electron chi connectivity index (χ0n) is 12.7. The molecule has 1 amide bonds. The molecule has 122 valence electrons. The Hall–Kier alpha value is -3.28. The standard InChI is InChI=1S/C18H15NO5/c20-16(19-11-14-7-4-9-22-14)12-24-18(21)17-15(8-10-23-17)13-5-2-1-3-6-13/h1-10H,11-12H2,(H,19,20). The van der Waals surface area contributed by atoms with Gasteiger partial charge in [-0.2, -0.15) is 0 Å². The number of carbonyl (C=O) groups excluding carboxylic acids is 2. The van der Waals surface area contributed by atoms with Crippen molar-refractivity contribution < 1.29 is 23.2 Å². The van der Waals surface area contributed by atoms with Gasteiger partial charge >= 0.3 is 5.97 Å². The molecule has 6 heteroatoms. The lowest BCUT2D eigenvalue weighted by Gasteiger charge is -2.05. The minimum Gasteiger partial charge on any atom is -0.467 e. The van der Waals surface area contributed by atoms with Crippen molar-refractivity contribution >= 4 is 11.9 Å². The van der Waals surface area contributed by atoms with Gasteiger partial charge in [0.05, 0.1) is 19.1 Å². The molecule has 0 aliphatic carbocycles. The van der Waals surface area contributed by atoms with Crippen LogP contribution in [0.4, 0.5) is 0 Å². The Kier molecular flexibility index (Phi) is 4.76. The van der Waals surface area contributed by atoms with Gasteiger partial charge in [-0.05, 0) is 23.8 Å².